The SMILES string of the molecule is CCCCCn1nc(C(=O)N/N=C(/C)c2cccnc2)c2ccccc2c1=O. The number of fused-ring (bicyclic) bond motifs is 1. The summed E-state index contributed by atoms with van der Waals surface area (Å²) in [7, 11) is 0. The number of unbranched alkanes of at least 4 members (excludes halogenated alkanes) is 2. The highest BCUT2D eigenvalue weighted by Crippen LogP contribution is 2.13. The van der Waals surface area contributed by atoms with E-state index in [9.17, 15) is 9.59 Å². The van der Waals surface area contributed by atoms with Crippen LogP contribution in [0.4, 0.5) is 0 Å². The molecule has 28 heavy (non-hydrogen) atoms. The summed E-state index contributed by atoms with van der Waals surface area (Å²) in [6, 6.07) is 10.7. The summed E-state index contributed by atoms with van der Waals surface area (Å²) in [6.07, 6.45) is 6.22. The second-order valence-corrected chi connectivity index (χ2v) is 6.51. The molecule has 1 amide bonds. The molecule has 0 bridgehead atoms. The number of nitrogens with zero attached hydrogens (tertiary/aromatic N) is 4. The van der Waals surface area contributed by atoms with E-state index in [2.05, 4.69) is 27.5 Å². The number of aryl methyl sites for hydroxylation is 1. The van der Waals surface area contributed by atoms with E-state index in [1.165, 1.54) is 4.68 Å². The van der Waals surface area contributed by atoms with Crippen LogP contribution in [-0.4, -0.2) is 26.4 Å². The maximum Gasteiger partial charge on any atom is 0.292 e. The maximum atomic E-state index is 12.8. The Morgan fingerprint density at radius 1 is 1.14 bits per heavy atom. The minimum absolute atomic E-state index is 0.182. The number of nitrogens with one attached hydrogen (secondary N) is 1. The standard InChI is InChI=1S/C21H23N5O2/c1-3-4-7-13-26-21(28)18-11-6-5-10-17(18)19(25-26)20(27)24-23-15(2)16-9-8-12-22-14-16/h5-6,8-12,14H,3-4,7,13H2,1-2H3,(H,24,27)/b23-15-. The zero-order valence-corrected chi connectivity index (χ0v) is 16.1. The lowest BCUT2D eigenvalue weighted by Gasteiger charge is -2.10. The van der Waals surface area contributed by atoms with E-state index < -0.39 is 5.91 Å². The zero-order chi connectivity index (χ0) is 19.9. The average Bonchev–Trinajstić information content (AvgIpc) is 2.74. The number of amides is 1. The van der Waals surface area contributed by atoms with Crippen molar-refractivity contribution in [2.75, 3.05) is 0 Å². The zero-order valence-electron chi connectivity index (χ0n) is 16.1. The number of hydrazone groups is 1. The number of benzene rings is 1. The van der Waals surface area contributed by atoms with Crippen LogP contribution in [0.1, 0.15) is 49.2 Å². The first-order valence-electron chi connectivity index (χ1n) is 9.36. The Labute approximate surface area is 163 Å². The molecule has 3 rings (SSSR count). The van der Waals surface area contributed by atoms with Crippen molar-refractivity contribution >= 4 is 22.4 Å². The summed E-state index contributed by atoms with van der Waals surface area (Å²) in [5, 5.41) is 9.49. The van der Waals surface area contributed by atoms with Crippen molar-refractivity contribution in [3.63, 3.8) is 0 Å². The van der Waals surface area contributed by atoms with E-state index in [0.29, 0.717) is 23.0 Å². The average molecular weight is 377 g/mol. The molecule has 0 unspecified atom stereocenters. The molecule has 0 fully saturated rings. The van der Waals surface area contributed by atoms with Crippen LogP contribution in [0.25, 0.3) is 10.8 Å². The number of hydrogen-bond acceptors (Lipinski definition) is 5. The summed E-state index contributed by atoms with van der Waals surface area (Å²) in [5.74, 6) is -0.455. The van der Waals surface area contributed by atoms with E-state index in [4.69, 9.17) is 0 Å². The quantitative estimate of drug-likeness (QED) is 0.389. The van der Waals surface area contributed by atoms with Crippen LogP contribution in [0.5, 0.6) is 0 Å². The molecule has 0 saturated carbocycles. The second kappa shape index (κ2) is 9.03. The molecule has 0 atom stereocenters. The van der Waals surface area contributed by atoms with Gasteiger partial charge in [-0.15, -0.1) is 0 Å². The summed E-state index contributed by atoms with van der Waals surface area (Å²) in [4.78, 5) is 29.5. The van der Waals surface area contributed by atoms with E-state index in [1.807, 2.05) is 6.07 Å². The molecule has 3 aromatic rings. The van der Waals surface area contributed by atoms with Crippen molar-refractivity contribution < 1.29 is 4.79 Å². The highest BCUT2D eigenvalue weighted by molar-refractivity contribution is 6.06. The Morgan fingerprint density at radius 2 is 1.93 bits per heavy atom. The fraction of sp³-hybridized carbons (Fsp3) is 0.286. The molecule has 0 aliphatic heterocycles. The Balaban J connectivity index is 1.93. The highest BCUT2D eigenvalue weighted by Gasteiger charge is 2.16. The van der Waals surface area contributed by atoms with Crippen LogP contribution in [0.3, 0.4) is 0 Å². The predicted octanol–water partition coefficient (Wildman–Crippen LogP) is 3.14. The number of rotatable bonds is 7. The number of hydrogen-bond donors (Lipinski definition) is 1. The van der Waals surface area contributed by atoms with Crippen LogP contribution in [0, 0.1) is 0 Å². The van der Waals surface area contributed by atoms with Gasteiger partial charge in [-0.1, -0.05) is 44.0 Å². The van der Waals surface area contributed by atoms with Gasteiger partial charge in [0.15, 0.2) is 5.69 Å². The fourth-order valence-corrected chi connectivity index (χ4v) is 2.89. The maximum absolute atomic E-state index is 12.8. The summed E-state index contributed by atoms with van der Waals surface area (Å²) in [5.41, 5.74) is 3.99. The van der Waals surface area contributed by atoms with Gasteiger partial charge in [-0.2, -0.15) is 10.2 Å². The lowest BCUT2D eigenvalue weighted by Crippen LogP contribution is -2.29. The predicted molar refractivity (Wildman–Crippen MR) is 109 cm³/mol. The van der Waals surface area contributed by atoms with Gasteiger partial charge < -0.3 is 0 Å². The van der Waals surface area contributed by atoms with Crippen molar-refractivity contribution in [1.29, 1.82) is 0 Å². The molecule has 0 aliphatic carbocycles. The molecule has 2 aromatic heterocycles. The van der Waals surface area contributed by atoms with Gasteiger partial charge in [-0.05, 0) is 25.5 Å². The second-order valence-electron chi connectivity index (χ2n) is 6.51. The first-order valence-corrected chi connectivity index (χ1v) is 9.36. The minimum atomic E-state index is -0.455. The van der Waals surface area contributed by atoms with Gasteiger partial charge in [0.2, 0.25) is 0 Å². The topological polar surface area (TPSA) is 89.2 Å². The van der Waals surface area contributed by atoms with Crippen molar-refractivity contribution in [2.45, 2.75) is 39.7 Å². The molecule has 0 radical (unpaired) electrons. The fourth-order valence-electron chi connectivity index (χ4n) is 2.89. The minimum Gasteiger partial charge on any atom is -0.267 e. The van der Waals surface area contributed by atoms with Crippen molar-refractivity contribution in [3.05, 3.63) is 70.4 Å². The first kappa shape index (κ1) is 19.4. The van der Waals surface area contributed by atoms with Crippen LogP contribution in [0.2, 0.25) is 0 Å². The van der Waals surface area contributed by atoms with Crippen molar-refractivity contribution in [3.8, 4) is 0 Å². The number of carbonyl (C=O) groups is 1. The molecule has 0 spiro atoms. The van der Waals surface area contributed by atoms with Gasteiger partial charge in [-0.25, -0.2) is 10.1 Å². The Morgan fingerprint density at radius 3 is 2.64 bits per heavy atom. The smallest absolute Gasteiger partial charge is 0.267 e. The largest absolute Gasteiger partial charge is 0.292 e. The molecular weight excluding hydrogens is 354 g/mol. The highest BCUT2D eigenvalue weighted by atomic mass is 16.2. The van der Waals surface area contributed by atoms with Crippen molar-refractivity contribution in [2.24, 2.45) is 5.10 Å². The van der Waals surface area contributed by atoms with E-state index in [1.54, 1.807) is 49.6 Å². The Hall–Kier alpha value is -3.35. The molecule has 7 heteroatoms. The molecule has 7 nitrogen and oxygen atoms in total. The number of pyridine rings is 1. The van der Waals surface area contributed by atoms with Crippen LogP contribution >= 0.6 is 0 Å². The molecule has 144 valence electrons. The summed E-state index contributed by atoms with van der Waals surface area (Å²) >= 11 is 0. The number of carbonyl (C=O) groups excluding carboxylic acids is 1. The first-order chi connectivity index (χ1) is 13.6. The molecule has 1 N–H and O–H groups in total. The summed E-state index contributed by atoms with van der Waals surface area (Å²) in [6.45, 7) is 4.36. The van der Waals surface area contributed by atoms with Crippen LogP contribution in [0.15, 0.2) is 58.7 Å². The van der Waals surface area contributed by atoms with Gasteiger partial charge in [0.25, 0.3) is 11.5 Å². The van der Waals surface area contributed by atoms with Gasteiger partial charge in [-0.3, -0.25) is 14.6 Å². The monoisotopic (exact) mass is 377 g/mol. The lowest BCUT2D eigenvalue weighted by molar-refractivity contribution is 0.0949. The molecule has 0 saturated heterocycles. The van der Waals surface area contributed by atoms with Gasteiger partial charge >= 0.3 is 0 Å². The Kier molecular flexibility index (Phi) is 6.26. The third kappa shape index (κ3) is 4.31. The van der Waals surface area contributed by atoms with Crippen molar-refractivity contribution in [1.82, 2.24) is 20.2 Å². The Bertz CT molecular complexity index is 1060. The third-order valence-corrected chi connectivity index (χ3v) is 4.46. The van der Waals surface area contributed by atoms with Gasteiger partial charge in [0.1, 0.15) is 0 Å². The number of aromatic nitrogens is 3. The molecule has 0 aliphatic rings. The third-order valence-electron chi connectivity index (χ3n) is 4.46. The van der Waals surface area contributed by atoms with Gasteiger partial charge in [0.05, 0.1) is 11.1 Å². The summed E-state index contributed by atoms with van der Waals surface area (Å²) < 4.78 is 1.38. The van der Waals surface area contributed by atoms with Crippen LogP contribution in [-0.2, 0) is 6.54 Å². The van der Waals surface area contributed by atoms with E-state index >= 15 is 0 Å². The van der Waals surface area contributed by atoms with Gasteiger partial charge in [0, 0.05) is 29.9 Å². The van der Waals surface area contributed by atoms with E-state index in [0.717, 1.165) is 24.8 Å². The lowest BCUT2D eigenvalue weighted by atomic mass is 10.1. The molecular formula is C21H23N5O2. The normalized spacial score (nSPS) is 11.6. The van der Waals surface area contributed by atoms with Crippen LogP contribution < -0.4 is 11.0 Å². The molecule has 2 heterocycles. The molecule has 1 aromatic carbocycles. The van der Waals surface area contributed by atoms with E-state index in [-0.39, 0.29) is 11.3 Å².